The summed E-state index contributed by atoms with van der Waals surface area (Å²) in [6.07, 6.45) is -3.11. The van der Waals surface area contributed by atoms with E-state index in [1.54, 1.807) is 12.1 Å². The molecule has 0 amide bonds. The first kappa shape index (κ1) is 14.6. The minimum atomic E-state index is -4.38. The van der Waals surface area contributed by atoms with E-state index in [0.717, 1.165) is 11.8 Å². The highest BCUT2D eigenvalue weighted by atomic mass is 19.4. The van der Waals surface area contributed by atoms with Gasteiger partial charge in [-0.15, -0.1) is 0 Å². The molecule has 2 rings (SSSR count). The van der Waals surface area contributed by atoms with E-state index in [2.05, 4.69) is 5.10 Å². The average Bonchev–Trinajstić information content (AvgIpc) is 2.74. The van der Waals surface area contributed by atoms with E-state index >= 15 is 0 Å². The molecule has 0 bridgehead atoms. The third-order valence-electron chi connectivity index (χ3n) is 3.00. The lowest BCUT2D eigenvalue weighted by Gasteiger charge is -2.18. The molecule has 0 saturated heterocycles. The standard InChI is InChI=1S/C15H17F3N2/c1-14(2,3)20-10-12(15(16,17)18)13(19-20)9-11-7-5-4-6-8-11/h4-8,10H,9H2,1-3H3. The zero-order valence-corrected chi connectivity index (χ0v) is 11.7. The second-order valence-corrected chi connectivity index (χ2v) is 5.76. The Balaban J connectivity index is 2.43. The van der Waals surface area contributed by atoms with E-state index in [9.17, 15) is 13.2 Å². The lowest BCUT2D eigenvalue weighted by Crippen LogP contribution is -2.22. The number of alkyl halides is 3. The average molecular weight is 282 g/mol. The molecule has 2 aromatic rings. The third kappa shape index (κ3) is 3.21. The number of hydrogen-bond acceptors (Lipinski definition) is 1. The second-order valence-electron chi connectivity index (χ2n) is 5.76. The zero-order chi connectivity index (χ0) is 15.0. The maximum absolute atomic E-state index is 13.1. The minimum Gasteiger partial charge on any atom is -0.267 e. The summed E-state index contributed by atoms with van der Waals surface area (Å²) in [5, 5.41) is 4.14. The van der Waals surface area contributed by atoms with Gasteiger partial charge in [-0.25, -0.2) is 0 Å². The summed E-state index contributed by atoms with van der Waals surface area (Å²) in [4.78, 5) is 0. The Morgan fingerprint density at radius 3 is 2.15 bits per heavy atom. The fraction of sp³-hybridized carbons (Fsp3) is 0.400. The van der Waals surface area contributed by atoms with Crippen molar-refractivity contribution in [1.29, 1.82) is 0 Å². The van der Waals surface area contributed by atoms with Crippen molar-refractivity contribution in [2.45, 2.75) is 38.9 Å². The Morgan fingerprint density at radius 1 is 1.05 bits per heavy atom. The van der Waals surface area contributed by atoms with Crippen molar-refractivity contribution < 1.29 is 13.2 Å². The van der Waals surface area contributed by atoms with Crippen LogP contribution in [0, 0.1) is 0 Å². The van der Waals surface area contributed by atoms with Crippen LogP contribution in [0.15, 0.2) is 36.5 Å². The molecule has 0 atom stereocenters. The van der Waals surface area contributed by atoms with Crippen LogP contribution in [0.5, 0.6) is 0 Å². The van der Waals surface area contributed by atoms with Gasteiger partial charge in [-0.05, 0) is 26.3 Å². The smallest absolute Gasteiger partial charge is 0.267 e. The van der Waals surface area contributed by atoms with Gasteiger partial charge in [0.2, 0.25) is 0 Å². The molecular formula is C15H17F3N2. The molecule has 0 radical (unpaired) electrons. The number of rotatable bonds is 2. The number of aromatic nitrogens is 2. The van der Waals surface area contributed by atoms with Crippen LogP contribution in [0.1, 0.15) is 37.6 Å². The van der Waals surface area contributed by atoms with E-state index in [-0.39, 0.29) is 12.1 Å². The van der Waals surface area contributed by atoms with Crippen molar-refractivity contribution >= 4 is 0 Å². The van der Waals surface area contributed by atoms with Gasteiger partial charge in [0.1, 0.15) is 0 Å². The summed E-state index contributed by atoms with van der Waals surface area (Å²) in [5.74, 6) is 0. The zero-order valence-electron chi connectivity index (χ0n) is 11.7. The van der Waals surface area contributed by atoms with Crippen molar-refractivity contribution in [3.63, 3.8) is 0 Å². The van der Waals surface area contributed by atoms with Gasteiger partial charge in [0.15, 0.2) is 0 Å². The fourth-order valence-electron chi connectivity index (χ4n) is 1.91. The molecule has 0 aliphatic carbocycles. The molecule has 0 aliphatic heterocycles. The monoisotopic (exact) mass is 282 g/mol. The summed E-state index contributed by atoms with van der Waals surface area (Å²) >= 11 is 0. The van der Waals surface area contributed by atoms with E-state index in [1.165, 1.54) is 4.68 Å². The van der Waals surface area contributed by atoms with Crippen molar-refractivity contribution in [1.82, 2.24) is 9.78 Å². The molecule has 20 heavy (non-hydrogen) atoms. The van der Waals surface area contributed by atoms with Crippen LogP contribution < -0.4 is 0 Å². The minimum absolute atomic E-state index is 0.0682. The highest BCUT2D eigenvalue weighted by molar-refractivity contribution is 5.28. The van der Waals surface area contributed by atoms with Gasteiger partial charge in [0.25, 0.3) is 0 Å². The molecule has 0 aliphatic rings. The number of nitrogens with zero attached hydrogens (tertiary/aromatic N) is 2. The molecule has 0 spiro atoms. The van der Waals surface area contributed by atoms with Gasteiger partial charge in [0.05, 0.1) is 16.8 Å². The van der Waals surface area contributed by atoms with Crippen LogP contribution >= 0.6 is 0 Å². The SMILES string of the molecule is CC(C)(C)n1cc(C(F)(F)F)c(Cc2ccccc2)n1. The molecule has 0 N–H and O–H groups in total. The molecule has 0 unspecified atom stereocenters. The van der Waals surface area contributed by atoms with E-state index in [1.807, 2.05) is 39.0 Å². The van der Waals surface area contributed by atoms with Crippen LogP contribution in [0.25, 0.3) is 0 Å². The first-order valence-electron chi connectivity index (χ1n) is 6.38. The molecule has 2 nitrogen and oxygen atoms in total. The van der Waals surface area contributed by atoms with Crippen molar-refractivity contribution in [2.75, 3.05) is 0 Å². The summed E-state index contributed by atoms with van der Waals surface area (Å²) in [6, 6.07) is 9.06. The summed E-state index contributed by atoms with van der Waals surface area (Å²) < 4.78 is 40.7. The number of benzene rings is 1. The van der Waals surface area contributed by atoms with Crippen LogP contribution in [0.4, 0.5) is 13.2 Å². The van der Waals surface area contributed by atoms with E-state index in [4.69, 9.17) is 0 Å². The van der Waals surface area contributed by atoms with Gasteiger partial charge in [-0.1, -0.05) is 30.3 Å². The Morgan fingerprint density at radius 2 is 1.65 bits per heavy atom. The Bertz CT molecular complexity index is 577. The van der Waals surface area contributed by atoms with Gasteiger partial charge < -0.3 is 0 Å². The first-order chi connectivity index (χ1) is 9.18. The topological polar surface area (TPSA) is 17.8 Å². The van der Waals surface area contributed by atoms with Crippen LogP contribution in [-0.2, 0) is 18.1 Å². The molecule has 1 aromatic carbocycles. The van der Waals surface area contributed by atoms with Gasteiger partial charge in [-0.3, -0.25) is 4.68 Å². The van der Waals surface area contributed by atoms with Crippen LogP contribution in [-0.4, -0.2) is 9.78 Å². The molecule has 1 aromatic heterocycles. The second kappa shape index (κ2) is 4.96. The van der Waals surface area contributed by atoms with Crippen molar-refractivity contribution in [3.8, 4) is 0 Å². The van der Waals surface area contributed by atoms with Crippen LogP contribution in [0.2, 0.25) is 0 Å². The lowest BCUT2D eigenvalue weighted by atomic mass is 10.1. The lowest BCUT2D eigenvalue weighted by molar-refractivity contribution is -0.138. The Kier molecular flexibility index (Phi) is 3.63. The number of hydrogen-bond donors (Lipinski definition) is 0. The van der Waals surface area contributed by atoms with Crippen molar-refractivity contribution in [3.05, 3.63) is 53.3 Å². The molecule has 0 fully saturated rings. The predicted molar refractivity (Wildman–Crippen MR) is 71.5 cm³/mol. The normalized spacial score (nSPS) is 12.7. The van der Waals surface area contributed by atoms with Gasteiger partial charge >= 0.3 is 6.18 Å². The van der Waals surface area contributed by atoms with Crippen molar-refractivity contribution in [2.24, 2.45) is 0 Å². The molecule has 0 saturated carbocycles. The molecule has 108 valence electrons. The third-order valence-corrected chi connectivity index (χ3v) is 3.00. The first-order valence-corrected chi connectivity index (χ1v) is 6.38. The summed E-state index contributed by atoms with van der Waals surface area (Å²) in [5.41, 5.74) is -0.248. The highest BCUT2D eigenvalue weighted by Crippen LogP contribution is 2.33. The Hall–Kier alpha value is -1.78. The molecule has 1 heterocycles. The predicted octanol–water partition coefficient (Wildman–Crippen LogP) is 4.25. The summed E-state index contributed by atoms with van der Waals surface area (Å²) in [6.45, 7) is 5.48. The highest BCUT2D eigenvalue weighted by Gasteiger charge is 2.37. The maximum atomic E-state index is 13.1. The maximum Gasteiger partial charge on any atom is 0.419 e. The van der Waals surface area contributed by atoms with E-state index in [0.29, 0.717) is 0 Å². The number of halogens is 3. The molecular weight excluding hydrogens is 265 g/mol. The van der Waals surface area contributed by atoms with Crippen LogP contribution in [0.3, 0.4) is 0 Å². The Labute approximate surface area is 116 Å². The summed E-state index contributed by atoms with van der Waals surface area (Å²) in [7, 11) is 0. The fourth-order valence-corrected chi connectivity index (χ4v) is 1.91. The quantitative estimate of drug-likeness (QED) is 0.805. The molecule has 5 heteroatoms. The largest absolute Gasteiger partial charge is 0.419 e. The van der Waals surface area contributed by atoms with E-state index < -0.39 is 17.3 Å². The van der Waals surface area contributed by atoms with Gasteiger partial charge in [0, 0.05) is 12.6 Å². The van der Waals surface area contributed by atoms with Gasteiger partial charge in [-0.2, -0.15) is 18.3 Å².